The SMILES string of the molecule is Cc1cc(C)nc(NNS(=O)(=O)Cc2ccccc2)n1. The summed E-state index contributed by atoms with van der Waals surface area (Å²) >= 11 is 0. The fourth-order valence-electron chi connectivity index (χ4n) is 1.73. The zero-order valence-electron chi connectivity index (χ0n) is 11.3. The maximum Gasteiger partial charge on any atom is 0.238 e. The average Bonchev–Trinajstić information content (AvgIpc) is 2.36. The van der Waals surface area contributed by atoms with Crippen LogP contribution in [0, 0.1) is 13.8 Å². The van der Waals surface area contributed by atoms with Crippen molar-refractivity contribution in [3.05, 3.63) is 53.3 Å². The second-order valence-corrected chi connectivity index (χ2v) is 6.17. The predicted molar refractivity (Wildman–Crippen MR) is 77.3 cm³/mol. The Morgan fingerprint density at radius 3 is 2.25 bits per heavy atom. The van der Waals surface area contributed by atoms with Gasteiger partial charge in [-0.1, -0.05) is 30.3 Å². The molecule has 0 amide bonds. The van der Waals surface area contributed by atoms with Crippen LogP contribution in [0.15, 0.2) is 36.4 Å². The third kappa shape index (κ3) is 4.29. The smallest absolute Gasteiger partial charge is 0.238 e. The minimum Gasteiger partial charge on any atom is -0.276 e. The third-order valence-electron chi connectivity index (χ3n) is 2.50. The number of anilines is 1. The number of hydrogen-bond donors (Lipinski definition) is 2. The Kier molecular flexibility index (Phi) is 4.31. The zero-order chi connectivity index (χ0) is 14.6. The zero-order valence-corrected chi connectivity index (χ0v) is 12.1. The molecule has 2 aromatic rings. The molecule has 106 valence electrons. The van der Waals surface area contributed by atoms with E-state index in [2.05, 4.69) is 20.2 Å². The van der Waals surface area contributed by atoms with Crippen molar-refractivity contribution in [1.82, 2.24) is 14.8 Å². The molecule has 0 fully saturated rings. The first-order valence-electron chi connectivity index (χ1n) is 6.06. The van der Waals surface area contributed by atoms with E-state index in [1.165, 1.54) is 0 Å². The summed E-state index contributed by atoms with van der Waals surface area (Å²) < 4.78 is 23.8. The van der Waals surface area contributed by atoms with E-state index >= 15 is 0 Å². The van der Waals surface area contributed by atoms with E-state index in [1.807, 2.05) is 26.0 Å². The minimum atomic E-state index is -3.50. The lowest BCUT2D eigenvalue weighted by Crippen LogP contribution is -2.31. The first-order valence-corrected chi connectivity index (χ1v) is 7.71. The molecule has 2 rings (SSSR count). The summed E-state index contributed by atoms with van der Waals surface area (Å²) in [6, 6.07) is 10.8. The van der Waals surface area contributed by atoms with Gasteiger partial charge >= 0.3 is 0 Å². The molecule has 0 unspecified atom stereocenters. The van der Waals surface area contributed by atoms with Crippen molar-refractivity contribution < 1.29 is 8.42 Å². The van der Waals surface area contributed by atoms with Gasteiger partial charge in [-0.3, -0.25) is 5.43 Å². The predicted octanol–water partition coefficient (Wildman–Crippen LogP) is 1.54. The van der Waals surface area contributed by atoms with E-state index in [9.17, 15) is 8.42 Å². The summed E-state index contributed by atoms with van der Waals surface area (Å²) in [5.74, 6) is 0.130. The molecule has 0 aliphatic heterocycles. The van der Waals surface area contributed by atoms with Crippen LogP contribution in [0.2, 0.25) is 0 Å². The summed E-state index contributed by atoms with van der Waals surface area (Å²) in [6.07, 6.45) is 0. The fourth-order valence-corrected chi connectivity index (χ4v) is 2.69. The van der Waals surface area contributed by atoms with Crippen molar-refractivity contribution in [2.75, 3.05) is 5.43 Å². The van der Waals surface area contributed by atoms with Gasteiger partial charge in [-0.15, -0.1) is 4.83 Å². The Balaban J connectivity index is 2.02. The van der Waals surface area contributed by atoms with Gasteiger partial charge in [0.05, 0.1) is 5.75 Å². The van der Waals surface area contributed by atoms with Crippen LogP contribution in [0.1, 0.15) is 17.0 Å². The Bertz CT molecular complexity index is 667. The van der Waals surface area contributed by atoms with E-state index in [4.69, 9.17) is 0 Å². The lowest BCUT2D eigenvalue weighted by molar-refractivity contribution is 0.586. The molecular formula is C13H16N4O2S. The number of hydrazine groups is 1. The molecule has 0 radical (unpaired) electrons. The molecule has 0 spiro atoms. The molecule has 2 N–H and O–H groups in total. The Labute approximate surface area is 118 Å². The molecule has 1 heterocycles. The van der Waals surface area contributed by atoms with E-state index in [0.29, 0.717) is 5.56 Å². The van der Waals surface area contributed by atoms with Crippen molar-refractivity contribution in [2.24, 2.45) is 0 Å². The van der Waals surface area contributed by atoms with Crippen molar-refractivity contribution in [3.8, 4) is 0 Å². The summed E-state index contributed by atoms with van der Waals surface area (Å²) in [4.78, 5) is 10.5. The number of nitrogens with zero attached hydrogens (tertiary/aromatic N) is 2. The minimum absolute atomic E-state index is 0.106. The second kappa shape index (κ2) is 5.98. The van der Waals surface area contributed by atoms with Crippen molar-refractivity contribution in [3.63, 3.8) is 0 Å². The molecule has 0 aliphatic rings. The second-order valence-electron chi connectivity index (χ2n) is 4.45. The molecular weight excluding hydrogens is 276 g/mol. The van der Waals surface area contributed by atoms with Crippen LogP contribution in [0.25, 0.3) is 0 Å². The molecule has 0 aliphatic carbocycles. The van der Waals surface area contributed by atoms with Gasteiger partial charge in [-0.25, -0.2) is 18.4 Å². The van der Waals surface area contributed by atoms with Gasteiger partial charge in [-0.05, 0) is 25.5 Å². The Hall–Kier alpha value is -1.99. The highest BCUT2D eigenvalue weighted by molar-refractivity contribution is 7.88. The van der Waals surface area contributed by atoms with Gasteiger partial charge in [0, 0.05) is 11.4 Å². The standard InChI is InChI=1S/C13H16N4O2S/c1-10-8-11(2)15-13(14-10)16-17-20(18,19)9-12-6-4-3-5-7-12/h3-8,17H,9H2,1-2H3,(H,14,15,16). The highest BCUT2D eigenvalue weighted by Crippen LogP contribution is 2.05. The van der Waals surface area contributed by atoms with E-state index < -0.39 is 10.0 Å². The molecule has 0 atom stereocenters. The molecule has 0 saturated heterocycles. The average molecular weight is 292 g/mol. The molecule has 0 saturated carbocycles. The summed E-state index contributed by atoms with van der Waals surface area (Å²) in [5.41, 5.74) is 4.77. The topological polar surface area (TPSA) is 84.0 Å². The number of nitrogens with one attached hydrogen (secondary N) is 2. The Morgan fingerprint density at radius 2 is 1.65 bits per heavy atom. The quantitative estimate of drug-likeness (QED) is 0.817. The highest BCUT2D eigenvalue weighted by Gasteiger charge is 2.11. The van der Waals surface area contributed by atoms with Gasteiger partial charge in [0.2, 0.25) is 16.0 Å². The van der Waals surface area contributed by atoms with E-state index in [1.54, 1.807) is 24.3 Å². The van der Waals surface area contributed by atoms with E-state index in [-0.39, 0.29) is 11.7 Å². The number of aromatic nitrogens is 2. The molecule has 1 aromatic heterocycles. The van der Waals surface area contributed by atoms with Crippen LogP contribution in [0.3, 0.4) is 0 Å². The van der Waals surface area contributed by atoms with Crippen LogP contribution in [-0.2, 0) is 15.8 Å². The number of rotatable bonds is 5. The Morgan fingerprint density at radius 1 is 1.05 bits per heavy atom. The first-order chi connectivity index (χ1) is 9.44. The summed E-state index contributed by atoms with van der Waals surface area (Å²) in [5, 5.41) is 0. The van der Waals surface area contributed by atoms with Crippen molar-refractivity contribution in [2.45, 2.75) is 19.6 Å². The van der Waals surface area contributed by atoms with Gasteiger partial charge in [-0.2, -0.15) is 0 Å². The van der Waals surface area contributed by atoms with Gasteiger partial charge in [0.15, 0.2) is 0 Å². The van der Waals surface area contributed by atoms with Crippen LogP contribution in [-0.4, -0.2) is 18.4 Å². The first kappa shape index (κ1) is 14.4. The lowest BCUT2D eigenvalue weighted by atomic mass is 10.2. The molecule has 20 heavy (non-hydrogen) atoms. The van der Waals surface area contributed by atoms with Crippen LogP contribution in [0.5, 0.6) is 0 Å². The van der Waals surface area contributed by atoms with Crippen molar-refractivity contribution >= 4 is 16.0 Å². The number of sulfonamides is 1. The maximum atomic E-state index is 11.9. The molecule has 1 aromatic carbocycles. The van der Waals surface area contributed by atoms with Crippen LogP contribution < -0.4 is 10.3 Å². The number of aryl methyl sites for hydroxylation is 2. The molecule has 0 bridgehead atoms. The van der Waals surface area contributed by atoms with Gasteiger partial charge in [0.25, 0.3) is 0 Å². The normalized spacial score (nSPS) is 11.3. The summed E-state index contributed by atoms with van der Waals surface area (Å²) in [6.45, 7) is 3.64. The van der Waals surface area contributed by atoms with Gasteiger partial charge < -0.3 is 0 Å². The molecule has 7 heteroatoms. The number of benzene rings is 1. The third-order valence-corrected chi connectivity index (χ3v) is 3.63. The maximum absolute atomic E-state index is 11.9. The van der Waals surface area contributed by atoms with Crippen LogP contribution >= 0.6 is 0 Å². The summed E-state index contributed by atoms with van der Waals surface area (Å²) in [7, 11) is -3.50. The van der Waals surface area contributed by atoms with E-state index in [0.717, 1.165) is 11.4 Å². The molecule has 6 nitrogen and oxygen atoms in total. The monoisotopic (exact) mass is 292 g/mol. The number of hydrogen-bond acceptors (Lipinski definition) is 5. The van der Waals surface area contributed by atoms with Gasteiger partial charge in [0.1, 0.15) is 0 Å². The van der Waals surface area contributed by atoms with Crippen molar-refractivity contribution in [1.29, 1.82) is 0 Å². The van der Waals surface area contributed by atoms with Crippen LogP contribution in [0.4, 0.5) is 5.95 Å². The highest BCUT2D eigenvalue weighted by atomic mass is 32.2. The lowest BCUT2D eigenvalue weighted by Gasteiger charge is -2.09. The largest absolute Gasteiger partial charge is 0.276 e. The fraction of sp³-hybridized carbons (Fsp3) is 0.231.